The number of nitrogens with zero attached hydrogens (tertiary/aromatic N) is 1. The number of halogens is 1. The van der Waals surface area contributed by atoms with Crippen LogP contribution in [0, 0.1) is 13.8 Å². The van der Waals surface area contributed by atoms with Crippen molar-refractivity contribution in [3.8, 4) is 5.75 Å². The smallest absolute Gasteiger partial charge is 0.122 e. The summed E-state index contributed by atoms with van der Waals surface area (Å²) in [5.41, 5.74) is 4.80. The summed E-state index contributed by atoms with van der Waals surface area (Å²) in [6, 6.07) is 4.32. The van der Waals surface area contributed by atoms with Gasteiger partial charge in [-0.1, -0.05) is 22.0 Å². The lowest BCUT2D eigenvalue weighted by atomic mass is 10.0. The van der Waals surface area contributed by atoms with E-state index in [1.807, 2.05) is 0 Å². The summed E-state index contributed by atoms with van der Waals surface area (Å²) in [6.07, 6.45) is 1.03. The molecule has 0 heterocycles. The zero-order valence-corrected chi connectivity index (χ0v) is 12.1. The lowest BCUT2D eigenvalue weighted by Crippen LogP contribution is -2.19. The van der Waals surface area contributed by atoms with Crippen molar-refractivity contribution in [2.45, 2.75) is 20.3 Å². The largest absolute Gasteiger partial charge is 0.496 e. The van der Waals surface area contributed by atoms with Crippen molar-refractivity contribution >= 4 is 15.9 Å². The first-order chi connectivity index (χ1) is 7.58. The number of likely N-dealkylation sites (N-methyl/N-ethyl adjacent to an activating group) is 1. The number of methoxy groups -OCH3 is 1. The summed E-state index contributed by atoms with van der Waals surface area (Å²) >= 11 is 3.45. The first-order valence-electron chi connectivity index (χ1n) is 5.47. The molecule has 0 fully saturated rings. The summed E-state index contributed by atoms with van der Waals surface area (Å²) in [5.74, 6) is 1.01. The molecule has 90 valence electrons. The molecule has 3 heteroatoms. The summed E-state index contributed by atoms with van der Waals surface area (Å²) in [5, 5.41) is 0. The normalized spacial score (nSPS) is 10.9. The Morgan fingerprint density at radius 2 is 2.00 bits per heavy atom. The molecule has 0 unspecified atom stereocenters. The van der Waals surface area contributed by atoms with E-state index in [9.17, 15) is 0 Å². The minimum atomic E-state index is 0.903. The van der Waals surface area contributed by atoms with Crippen molar-refractivity contribution in [1.82, 2.24) is 4.90 Å². The summed E-state index contributed by atoms with van der Waals surface area (Å²) in [6.45, 7) is 5.29. The highest BCUT2D eigenvalue weighted by Gasteiger charge is 2.08. The van der Waals surface area contributed by atoms with Crippen LogP contribution in [-0.2, 0) is 6.42 Å². The Morgan fingerprint density at radius 3 is 2.56 bits per heavy atom. The second kappa shape index (κ2) is 6.26. The maximum absolute atomic E-state index is 5.44. The van der Waals surface area contributed by atoms with E-state index >= 15 is 0 Å². The van der Waals surface area contributed by atoms with Crippen molar-refractivity contribution in [2.75, 3.05) is 26.2 Å². The van der Waals surface area contributed by atoms with Crippen molar-refractivity contribution in [3.05, 3.63) is 28.8 Å². The molecule has 0 radical (unpaired) electrons. The van der Waals surface area contributed by atoms with Crippen LogP contribution in [0.2, 0.25) is 0 Å². The fraction of sp³-hybridized carbons (Fsp3) is 0.538. The minimum Gasteiger partial charge on any atom is -0.496 e. The maximum Gasteiger partial charge on any atom is 0.122 e. The second-order valence-corrected chi connectivity index (χ2v) is 4.71. The van der Waals surface area contributed by atoms with Crippen molar-refractivity contribution < 1.29 is 4.74 Å². The van der Waals surface area contributed by atoms with E-state index in [1.165, 1.54) is 16.7 Å². The number of hydrogen-bond donors (Lipinski definition) is 0. The van der Waals surface area contributed by atoms with Gasteiger partial charge in [0, 0.05) is 6.54 Å². The predicted octanol–water partition coefficient (Wildman–Crippen LogP) is 3.14. The van der Waals surface area contributed by atoms with E-state index in [0.717, 1.165) is 24.2 Å². The molecular formula is C13H20BrNO. The van der Waals surface area contributed by atoms with Crippen LogP contribution in [0.3, 0.4) is 0 Å². The van der Waals surface area contributed by atoms with Crippen LogP contribution < -0.4 is 4.74 Å². The molecular weight excluding hydrogens is 266 g/mol. The average molecular weight is 286 g/mol. The standard InChI is InChI=1S/C13H20BrNO/c1-10-7-11(2)12(13(8-10)16-4)5-6-15(3)9-14/h7-8H,5-6,9H2,1-4H3. The molecule has 0 aliphatic rings. The Kier molecular flexibility index (Phi) is 5.29. The van der Waals surface area contributed by atoms with Gasteiger partial charge in [-0.3, -0.25) is 4.90 Å². The van der Waals surface area contributed by atoms with Crippen molar-refractivity contribution in [3.63, 3.8) is 0 Å². The van der Waals surface area contributed by atoms with Crippen LogP contribution in [0.5, 0.6) is 5.75 Å². The summed E-state index contributed by atoms with van der Waals surface area (Å²) < 4.78 is 5.44. The number of alkyl halides is 1. The Bertz CT molecular complexity index is 352. The van der Waals surface area contributed by atoms with Gasteiger partial charge in [0.2, 0.25) is 0 Å². The number of ether oxygens (including phenoxy) is 1. The molecule has 0 aromatic heterocycles. The van der Waals surface area contributed by atoms with Crippen LogP contribution in [0.15, 0.2) is 12.1 Å². The predicted molar refractivity (Wildman–Crippen MR) is 72.6 cm³/mol. The van der Waals surface area contributed by atoms with Crippen LogP contribution in [-0.4, -0.2) is 31.1 Å². The quantitative estimate of drug-likeness (QED) is 0.609. The molecule has 0 saturated heterocycles. The van der Waals surface area contributed by atoms with E-state index in [2.05, 4.69) is 53.9 Å². The second-order valence-electron chi connectivity index (χ2n) is 4.21. The maximum atomic E-state index is 5.44. The highest BCUT2D eigenvalue weighted by atomic mass is 79.9. The van der Waals surface area contributed by atoms with E-state index in [-0.39, 0.29) is 0 Å². The Morgan fingerprint density at radius 1 is 1.31 bits per heavy atom. The van der Waals surface area contributed by atoms with Crippen molar-refractivity contribution in [1.29, 1.82) is 0 Å². The van der Waals surface area contributed by atoms with Crippen molar-refractivity contribution in [2.24, 2.45) is 0 Å². The van der Waals surface area contributed by atoms with Crippen LogP contribution in [0.4, 0.5) is 0 Å². The first-order valence-corrected chi connectivity index (χ1v) is 6.59. The molecule has 0 aliphatic heterocycles. The topological polar surface area (TPSA) is 12.5 Å². The minimum absolute atomic E-state index is 0.903. The highest BCUT2D eigenvalue weighted by Crippen LogP contribution is 2.24. The monoisotopic (exact) mass is 285 g/mol. The molecule has 1 rings (SSSR count). The van der Waals surface area contributed by atoms with Gasteiger partial charge in [0.05, 0.1) is 12.6 Å². The Hall–Kier alpha value is -0.540. The van der Waals surface area contributed by atoms with Gasteiger partial charge in [0.15, 0.2) is 0 Å². The lowest BCUT2D eigenvalue weighted by Gasteiger charge is -2.16. The van der Waals surface area contributed by atoms with Gasteiger partial charge >= 0.3 is 0 Å². The van der Waals surface area contributed by atoms with E-state index in [1.54, 1.807) is 7.11 Å². The van der Waals surface area contributed by atoms with E-state index in [4.69, 9.17) is 4.74 Å². The van der Waals surface area contributed by atoms with Crippen LogP contribution in [0.1, 0.15) is 16.7 Å². The number of rotatable bonds is 5. The molecule has 2 nitrogen and oxygen atoms in total. The zero-order valence-electron chi connectivity index (χ0n) is 10.5. The van der Waals surface area contributed by atoms with Gasteiger partial charge in [0.25, 0.3) is 0 Å². The number of aryl methyl sites for hydroxylation is 2. The van der Waals surface area contributed by atoms with Gasteiger partial charge in [-0.25, -0.2) is 0 Å². The van der Waals surface area contributed by atoms with Gasteiger partial charge < -0.3 is 4.74 Å². The molecule has 0 spiro atoms. The number of hydrogen-bond acceptors (Lipinski definition) is 2. The number of benzene rings is 1. The van der Waals surface area contributed by atoms with Crippen LogP contribution >= 0.6 is 15.9 Å². The molecule has 0 amide bonds. The molecule has 0 aliphatic carbocycles. The SMILES string of the molecule is COc1cc(C)cc(C)c1CCN(C)CBr. The molecule has 0 bridgehead atoms. The van der Waals surface area contributed by atoms with Gasteiger partial charge in [-0.2, -0.15) is 0 Å². The fourth-order valence-electron chi connectivity index (χ4n) is 1.82. The highest BCUT2D eigenvalue weighted by molar-refractivity contribution is 9.09. The molecule has 1 aromatic carbocycles. The summed E-state index contributed by atoms with van der Waals surface area (Å²) in [4.78, 5) is 2.23. The third-order valence-corrected chi connectivity index (χ3v) is 3.60. The molecule has 0 saturated carbocycles. The van der Waals surface area contributed by atoms with Gasteiger partial charge in [0.1, 0.15) is 5.75 Å². The Labute approximate surface area is 107 Å². The van der Waals surface area contributed by atoms with E-state index in [0.29, 0.717) is 0 Å². The third kappa shape index (κ3) is 3.49. The summed E-state index contributed by atoms with van der Waals surface area (Å²) in [7, 11) is 3.84. The lowest BCUT2D eigenvalue weighted by molar-refractivity contribution is 0.385. The Balaban J connectivity index is 2.85. The average Bonchev–Trinajstić information content (AvgIpc) is 2.26. The molecule has 16 heavy (non-hydrogen) atoms. The molecule has 0 atom stereocenters. The first kappa shape index (κ1) is 13.5. The van der Waals surface area contributed by atoms with Gasteiger partial charge in [-0.05, 0) is 50.1 Å². The van der Waals surface area contributed by atoms with Gasteiger partial charge in [-0.15, -0.1) is 0 Å². The molecule has 1 aromatic rings. The zero-order chi connectivity index (χ0) is 12.1. The fourth-order valence-corrected chi connectivity index (χ4v) is 2.07. The van der Waals surface area contributed by atoms with Crippen LogP contribution in [0.25, 0.3) is 0 Å². The molecule has 0 N–H and O–H groups in total. The third-order valence-electron chi connectivity index (χ3n) is 2.74. The van der Waals surface area contributed by atoms with E-state index < -0.39 is 0 Å².